The van der Waals surface area contributed by atoms with E-state index < -0.39 is 0 Å². The molecule has 3 rings (SSSR count). The summed E-state index contributed by atoms with van der Waals surface area (Å²) >= 11 is 0. The predicted molar refractivity (Wildman–Crippen MR) is 74.2 cm³/mol. The van der Waals surface area contributed by atoms with Crippen LogP contribution in [0.15, 0.2) is 48.5 Å². The van der Waals surface area contributed by atoms with Gasteiger partial charge in [0.25, 0.3) is 0 Å². The molecule has 0 aliphatic carbocycles. The molecule has 1 unspecified atom stereocenters. The molecule has 0 radical (unpaired) electrons. The van der Waals surface area contributed by atoms with Crippen LogP contribution >= 0.6 is 0 Å². The van der Waals surface area contributed by atoms with Gasteiger partial charge in [-0.3, -0.25) is 0 Å². The number of fused-ring (bicyclic) bond motifs is 1. The Bertz CT molecular complexity index is 508. The van der Waals surface area contributed by atoms with E-state index in [1.165, 1.54) is 11.1 Å². The van der Waals surface area contributed by atoms with Crippen molar-refractivity contribution in [3.63, 3.8) is 0 Å². The fourth-order valence-electron chi connectivity index (χ4n) is 2.27. The molecular weight excluding hydrogens is 222 g/mol. The van der Waals surface area contributed by atoms with Crippen molar-refractivity contribution in [2.75, 3.05) is 11.9 Å². The molecule has 0 fully saturated rings. The van der Waals surface area contributed by atoms with Gasteiger partial charge in [-0.25, -0.2) is 0 Å². The summed E-state index contributed by atoms with van der Waals surface area (Å²) in [4.78, 5) is 0. The number of para-hydroxylation sites is 1. The number of anilines is 1. The van der Waals surface area contributed by atoms with Gasteiger partial charge >= 0.3 is 0 Å². The lowest BCUT2D eigenvalue weighted by Gasteiger charge is -2.13. The molecule has 0 aromatic heterocycles. The Hall–Kier alpha value is -1.96. The van der Waals surface area contributed by atoms with Crippen LogP contribution in [0.25, 0.3) is 0 Å². The Morgan fingerprint density at radius 2 is 1.89 bits per heavy atom. The van der Waals surface area contributed by atoms with Crippen LogP contribution in [0, 0.1) is 6.92 Å². The number of benzene rings is 2. The first-order valence-electron chi connectivity index (χ1n) is 6.36. The van der Waals surface area contributed by atoms with Gasteiger partial charge in [0, 0.05) is 12.1 Å². The second-order valence-electron chi connectivity index (χ2n) is 4.80. The lowest BCUT2D eigenvalue weighted by molar-refractivity contribution is 0.246. The minimum absolute atomic E-state index is 0.240. The van der Waals surface area contributed by atoms with E-state index >= 15 is 0 Å². The maximum atomic E-state index is 5.89. The first-order valence-corrected chi connectivity index (χ1v) is 6.36. The van der Waals surface area contributed by atoms with Crippen molar-refractivity contribution >= 4 is 5.69 Å². The summed E-state index contributed by atoms with van der Waals surface area (Å²) in [7, 11) is 0. The SMILES string of the molecule is Cc1ccc(NCC2Cc3ccccc3O2)cc1. The zero-order valence-electron chi connectivity index (χ0n) is 10.5. The highest BCUT2D eigenvalue weighted by atomic mass is 16.5. The fourth-order valence-corrected chi connectivity index (χ4v) is 2.27. The summed E-state index contributed by atoms with van der Waals surface area (Å²) in [5, 5.41) is 3.42. The Balaban J connectivity index is 1.58. The molecule has 1 aliphatic heterocycles. The molecule has 2 heteroatoms. The maximum Gasteiger partial charge on any atom is 0.123 e. The minimum atomic E-state index is 0.240. The van der Waals surface area contributed by atoms with Crippen molar-refractivity contribution in [2.24, 2.45) is 0 Å². The van der Waals surface area contributed by atoms with Crippen LogP contribution in [0.3, 0.4) is 0 Å². The topological polar surface area (TPSA) is 21.3 Å². The number of hydrogen-bond acceptors (Lipinski definition) is 2. The van der Waals surface area contributed by atoms with Crippen LogP contribution < -0.4 is 10.1 Å². The Labute approximate surface area is 108 Å². The lowest BCUT2D eigenvalue weighted by atomic mass is 10.1. The second kappa shape index (κ2) is 4.73. The summed E-state index contributed by atoms with van der Waals surface area (Å²) in [6, 6.07) is 16.7. The van der Waals surface area contributed by atoms with E-state index in [2.05, 4.69) is 48.6 Å². The normalized spacial score (nSPS) is 17.1. The molecule has 0 bridgehead atoms. The molecule has 1 N–H and O–H groups in total. The number of aryl methyl sites for hydroxylation is 1. The molecule has 2 nitrogen and oxygen atoms in total. The van der Waals surface area contributed by atoms with Crippen LogP contribution in [0.1, 0.15) is 11.1 Å². The molecule has 1 atom stereocenters. The highest BCUT2D eigenvalue weighted by Gasteiger charge is 2.21. The summed E-state index contributed by atoms with van der Waals surface area (Å²) in [6.07, 6.45) is 1.23. The monoisotopic (exact) mass is 239 g/mol. The molecular formula is C16H17NO. The number of rotatable bonds is 3. The Morgan fingerprint density at radius 1 is 1.11 bits per heavy atom. The molecule has 18 heavy (non-hydrogen) atoms. The third-order valence-corrected chi connectivity index (χ3v) is 3.30. The second-order valence-corrected chi connectivity index (χ2v) is 4.80. The summed E-state index contributed by atoms with van der Waals surface area (Å²) < 4.78 is 5.89. The molecule has 92 valence electrons. The maximum absolute atomic E-state index is 5.89. The first kappa shape index (κ1) is 11.1. The van der Waals surface area contributed by atoms with Crippen LogP contribution in [0.4, 0.5) is 5.69 Å². The highest BCUT2D eigenvalue weighted by Crippen LogP contribution is 2.28. The minimum Gasteiger partial charge on any atom is -0.488 e. The van der Waals surface area contributed by atoms with Gasteiger partial charge in [-0.15, -0.1) is 0 Å². The standard InChI is InChI=1S/C16H17NO/c1-12-6-8-14(9-7-12)17-11-15-10-13-4-2-3-5-16(13)18-15/h2-9,15,17H,10-11H2,1H3. The highest BCUT2D eigenvalue weighted by molar-refractivity contribution is 5.45. The number of ether oxygens (including phenoxy) is 1. The van der Waals surface area contributed by atoms with Gasteiger partial charge in [-0.1, -0.05) is 35.9 Å². The molecule has 0 amide bonds. The summed E-state index contributed by atoms with van der Waals surface area (Å²) in [5.41, 5.74) is 3.75. The molecule has 2 aromatic carbocycles. The van der Waals surface area contributed by atoms with Crippen molar-refractivity contribution in [3.05, 3.63) is 59.7 Å². The first-order chi connectivity index (χ1) is 8.81. The number of hydrogen-bond donors (Lipinski definition) is 1. The summed E-state index contributed by atoms with van der Waals surface area (Å²) in [5.74, 6) is 1.04. The van der Waals surface area contributed by atoms with Crippen LogP contribution in [0.2, 0.25) is 0 Å². The Morgan fingerprint density at radius 3 is 2.67 bits per heavy atom. The quantitative estimate of drug-likeness (QED) is 0.886. The van der Waals surface area contributed by atoms with Crippen LogP contribution in [-0.2, 0) is 6.42 Å². The van der Waals surface area contributed by atoms with Crippen molar-refractivity contribution in [2.45, 2.75) is 19.4 Å². The zero-order valence-corrected chi connectivity index (χ0v) is 10.5. The third-order valence-electron chi connectivity index (χ3n) is 3.30. The van der Waals surface area contributed by atoms with Crippen LogP contribution in [0.5, 0.6) is 5.75 Å². The number of nitrogens with one attached hydrogen (secondary N) is 1. The average molecular weight is 239 g/mol. The molecule has 0 saturated carbocycles. The van der Waals surface area contributed by atoms with Gasteiger partial charge in [0.15, 0.2) is 0 Å². The third kappa shape index (κ3) is 2.33. The lowest BCUT2D eigenvalue weighted by Crippen LogP contribution is -2.23. The molecule has 1 heterocycles. The van der Waals surface area contributed by atoms with Gasteiger partial charge in [0.05, 0.1) is 6.54 Å². The van der Waals surface area contributed by atoms with E-state index in [1.54, 1.807) is 0 Å². The van der Waals surface area contributed by atoms with E-state index in [1.807, 2.05) is 12.1 Å². The van der Waals surface area contributed by atoms with Gasteiger partial charge in [-0.2, -0.15) is 0 Å². The van der Waals surface area contributed by atoms with Crippen molar-refractivity contribution in [1.82, 2.24) is 0 Å². The van der Waals surface area contributed by atoms with E-state index in [-0.39, 0.29) is 6.10 Å². The van der Waals surface area contributed by atoms with E-state index in [0.717, 1.165) is 24.4 Å². The average Bonchev–Trinajstić information content (AvgIpc) is 2.81. The summed E-state index contributed by atoms with van der Waals surface area (Å²) in [6.45, 7) is 2.94. The van der Waals surface area contributed by atoms with Crippen molar-refractivity contribution < 1.29 is 4.74 Å². The van der Waals surface area contributed by atoms with Gasteiger partial charge in [0.2, 0.25) is 0 Å². The molecule has 0 spiro atoms. The fraction of sp³-hybridized carbons (Fsp3) is 0.250. The predicted octanol–water partition coefficient (Wildman–Crippen LogP) is 3.41. The molecule has 1 aliphatic rings. The smallest absolute Gasteiger partial charge is 0.123 e. The van der Waals surface area contributed by atoms with Gasteiger partial charge in [0.1, 0.15) is 11.9 Å². The van der Waals surface area contributed by atoms with Crippen molar-refractivity contribution in [1.29, 1.82) is 0 Å². The zero-order chi connectivity index (χ0) is 12.4. The van der Waals surface area contributed by atoms with E-state index in [9.17, 15) is 0 Å². The van der Waals surface area contributed by atoms with E-state index in [0.29, 0.717) is 0 Å². The van der Waals surface area contributed by atoms with Gasteiger partial charge in [-0.05, 0) is 30.7 Å². The molecule has 0 saturated heterocycles. The largest absolute Gasteiger partial charge is 0.488 e. The van der Waals surface area contributed by atoms with Crippen LogP contribution in [-0.4, -0.2) is 12.6 Å². The van der Waals surface area contributed by atoms with Crippen molar-refractivity contribution in [3.8, 4) is 5.75 Å². The van der Waals surface area contributed by atoms with E-state index in [4.69, 9.17) is 4.74 Å². The Kier molecular flexibility index (Phi) is 2.93. The van der Waals surface area contributed by atoms with Gasteiger partial charge < -0.3 is 10.1 Å². The molecule has 2 aromatic rings.